The molecule has 51 heavy (non-hydrogen) atoms. The van der Waals surface area contributed by atoms with Crippen molar-refractivity contribution < 1.29 is 24.0 Å². The van der Waals surface area contributed by atoms with E-state index in [2.05, 4.69) is 16.0 Å². The Labute approximate surface area is 301 Å². The van der Waals surface area contributed by atoms with Gasteiger partial charge in [-0.2, -0.15) is 0 Å². The molecule has 0 unspecified atom stereocenters. The molecular weight excluding hydrogens is 644 g/mol. The van der Waals surface area contributed by atoms with Crippen LogP contribution in [0.1, 0.15) is 57.6 Å². The van der Waals surface area contributed by atoms with Gasteiger partial charge < -0.3 is 32.3 Å². The van der Waals surface area contributed by atoms with E-state index < -0.39 is 41.8 Å². The summed E-state index contributed by atoms with van der Waals surface area (Å²) in [7, 11) is 1.51. The predicted octanol–water partition coefficient (Wildman–Crippen LogP) is 3.62. The molecule has 3 atom stereocenters. The van der Waals surface area contributed by atoms with Crippen LogP contribution in [0.4, 0.5) is 0 Å². The quantitative estimate of drug-likeness (QED) is 0.0945. The number of carbonyl (C=O) groups is 5. The van der Waals surface area contributed by atoms with Gasteiger partial charge in [-0.1, -0.05) is 105 Å². The number of benzene rings is 3. The Morgan fingerprint density at radius 3 is 1.92 bits per heavy atom. The molecule has 11 heteroatoms. The minimum absolute atomic E-state index is 0.00459. The molecule has 0 bridgehead atoms. The maximum Gasteiger partial charge on any atom is 0.267 e. The molecule has 0 fully saturated rings. The first-order valence-corrected chi connectivity index (χ1v) is 17.4. The number of hydrogen-bond donors (Lipinski definition) is 5. The second kappa shape index (κ2) is 20.3. The summed E-state index contributed by atoms with van der Waals surface area (Å²) in [6.45, 7) is 5.87. The Morgan fingerprint density at radius 2 is 1.33 bits per heavy atom. The second-order valence-corrected chi connectivity index (χ2v) is 13.2. The van der Waals surface area contributed by atoms with Crippen LogP contribution in [-0.4, -0.2) is 66.2 Å². The molecule has 3 aromatic carbocycles. The van der Waals surface area contributed by atoms with Gasteiger partial charge in [-0.3, -0.25) is 24.0 Å². The van der Waals surface area contributed by atoms with E-state index in [-0.39, 0.29) is 36.8 Å². The summed E-state index contributed by atoms with van der Waals surface area (Å²) in [5.74, 6) is -2.23. The zero-order valence-electron chi connectivity index (χ0n) is 30.1. The molecule has 5 amide bonds. The Hall–Kier alpha value is -5.45. The molecule has 0 radical (unpaired) electrons. The van der Waals surface area contributed by atoms with Gasteiger partial charge in [0.1, 0.15) is 18.1 Å². The van der Waals surface area contributed by atoms with E-state index in [9.17, 15) is 24.0 Å². The number of nitrogens with zero attached hydrogens (tertiary/aromatic N) is 1. The molecule has 0 aromatic heterocycles. The highest BCUT2D eigenvalue weighted by molar-refractivity contribution is 5.98. The molecule has 0 spiro atoms. The third-order valence-electron chi connectivity index (χ3n) is 8.52. The number of likely N-dealkylation sites (N-methyl/N-ethyl adjacent to an activating group) is 1. The van der Waals surface area contributed by atoms with Crippen LogP contribution in [0.25, 0.3) is 11.1 Å². The number of nitrogens with two attached hydrogens (primary N) is 2. The van der Waals surface area contributed by atoms with Crippen LogP contribution in [0.2, 0.25) is 0 Å². The van der Waals surface area contributed by atoms with E-state index in [1.165, 1.54) is 18.9 Å². The number of amides is 5. The number of rotatable bonds is 19. The number of nitrogens with one attached hydrogen (secondary N) is 3. The molecule has 3 rings (SSSR count). The van der Waals surface area contributed by atoms with E-state index in [0.717, 1.165) is 22.3 Å². The first kappa shape index (κ1) is 40.0. The SMILES string of the molecule is CC(=O)NCCCC[C@H](NC(=O)[C@@H](Cc1ccccc1)N(C)C(=O)[C@@H](Cc1ccc(-c2ccccc2)cc1)NC(=O)C(N)=CCC(C)C)C(N)=O. The molecule has 0 aliphatic carbocycles. The molecule has 7 N–H and O–H groups in total. The van der Waals surface area contributed by atoms with Crippen molar-refractivity contribution in [1.82, 2.24) is 20.9 Å². The standard InChI is InChI=1S/C40H52N6O5/c1-27(2)18-23-33(41)38(49)45-35(25-30-19-21-32(22-20-30)31-15-9-6-10-16-31)40(51)46(4)36(26-29-13-7-5-8-14-29)39(50)44-34(37(42)48)17-11-12-24-43-28(3)47/h5-10,13-16,19-23,27,34-36H,11-12,17-18,24-26,41H2,1-4H3,(H2,42,48)(H,43,47)(H,44,50)(H,45,49)/t34-,35+,36+/m0/s1. The summed E-state index contributed by atoms with van der Waals surface area (Å²) in [5, 5.41) is 8.28. The highest BCUT2D eigenvalue weighted by Crippen LogP contribution is 2.21. The molecule has 11 nitrogen and oxygen atoms in total. The normalized spacial score (nSPS) is 13.1. The fraction of sp³-hybridized carbons (Fsp3) is 0.375. The summed E-state index contributed by atoms with van der Waals surface area (Å²) in [6, 6.07) is 23.7. The highest BCUT2D eigenvalue weighted by atomic mass is 16.2. The van der Waals surface area contributed by atoms with Crippen molar-refractivity contribution in [3.63, 3.8) is 0 Å². The fourth-order valence-corrected chi connectivity index (χ4v) is 5.53. The Morgan fingerprint density at radius 1 is 0.745 bits per heavy atom. The van der Waals surface area contributed by atoms with Gasteiger partial charge in [-0.15, -0.1) is 0 Å². The maximum absolute atomic E-state index is 14.4. The summed E-state index contributed by atoms with van der Waals surface area (Å²) >= 11 is 0. The number of hydrogen-bond acceptors (Lipinski definition) is 6. The molecule has 0 aliphatic heterocycles. The van der Waals surface area contributed by atoms with Gasteiger partial charge in [0.2, 0.25) is 23.6 Å². The topological polar surface area (TPSA) is 177 Å². The van der Waals surface area contributed by atoms with E-state index in [0.29, 0.717) is 25.8 Å². The lowest BCUT2D eigenvalue weighted by Crippen LogP contribution is -2.58. The zero-order valence-corrected chi connectivity index (χ0v) is 30.1. The van der Waals surface area contributed by atoms with Crippen LogP contribution in [0.15, 0.2) is 96.7 Å². The lowest BCUT2D eigenvalue weighted by molar-refractivity contribution is -0.142. The molecular formula is C40H52N6O5. The van der Waals surface area contributed by atoms with Gasteiger partial charge in [0, 0.05) is 33.4 Å². The van der Waals surface area contributed by atoms with Crippen LogP contribution in [-0.2, 0) is 36.8 Å². The molecule has 0 aliphatic rings. The van der Waals surface area contributed by atoms with Crippen LogP contribution < -0.4 is 27.4 Å². The average Bonchev–Trinajstić information content (AvgIpc) is 3.12. The lowest BCUT2D eigenvalue weighted by Gasteiger charge is -2.32. The largest absolute Gasteiger partial charge is 0.395 e. The summed E-state index contributed by atoms with van der Waals surface area (Å²) in [6.07, 6.45) is 3.89. The zero-order chi connectivity index (χ0) is 37.3. The summed E-state index contributed by atoms with van der Waals surface area (Å²) in [5.41, 5.74) is 15.4. The van der Waals surface area contributed by atoms with E-state index in [1.54, 1.807) is 6.08 Å². The number of carbonyl (C=O) groups excluding carboxylic acids is 5. The number of primary amides is 1. The van der Waals surface area contributed by atoms with Gasteiger partial charge in [0.05, 0.1) is 5.70 Å². The van der Waals surface area contributed by atoms with Gasteiger partial charge >= 0.3 is 0 Å². The molecule has 0 saturated heterocycles. The molecule has 272 valence electrons. The van der Waals surface area contributed by atoms with Crippen LogP contribution in [0.3, 0.4) is 0 Å². The lowest BCUT2D eigenvalue weighted by atomic mass is 9.98. The average molecular weight is 697 g/mol. The van der Waals surface area contributed by atoms with Gasteiger partial charge in [-0.25, -0.2) is 0 Å². The van der Waals surface area contributed by atoms with Crippen molar-refractivity contribution in [1.29, 1.82) is 0 Å². The molecule has 0 heterocycles. The maximum atomic E-state index is 14.4. The van der Waals surface area contributed by atoms with Gasteiger partial charge in [-0.05, 0) is 53.9 Å². The molecule has 3 aromatic rings. The van der Waals surface area contributed by atoms with E-state index in [4.69, 9.17) is 11.5 Å². The first-order valence-electron chi connectivity index (χ1n) is 17.4. The van der Waals surface area contributed by atoms with Crippen molar-refractivity contribution in [2.75, 3.05) is 13.6 Å². The Bertz CT molecular complexity index is 1630. The Balaban J connectivity index is 1.89. The second-order valence-electron chi connectivity index (χ2n) is 13.2. The van der Waals surface area contributed by atoms with Gasteiger partial charge in [0.15, 0.2) is 0 Å². The van der Waals surface area contributed by atoms with E-state index >= 15 is 0 Å². The van der Waals surface area contributed by atoms with E-state index in [1.807, 2.05) is 98.8 Å². The summed E-state index contributed by atoms with van der Waals surface area (Å²) in [4.78, 5) is 66.5. The summed E-state index contributed by atoms with van der Waals surface area (Å²) < 4.78 is 0. The smallest absolute Gasteiger partial charge is 0.267 e. The minimum atomic E-state index is -1.07. The monoisotopic (exact) mass is 696 g/mol. The third kappa shape index (κ3) is 13.4. The number of allylic oxidation sites excluding steroid dienone is 1. The van der Waals surface area contributed by atoms with Crippen molar-refractivity contribution >= 4 is 29.5 Å². The van der Waals surface area contributed by atoms with Crippen LogP contribution >= 0.6 is 0 Å². The van der Waals surface area contributed by atoms with Gasteiger partial charge in [0.25, 0.3) is 5.91 Å². The minimum Gasteiger partial charge on any atom is -0.395 e. The van der Waals surface area contributed by atoms with Crippen molar-refractivity contribution in [2.45, 2.75) is 77.4 Å². The number of unbranched alkanes of at least 4 members (excludes halogenated alkanes) is 1. The van der Waals surface area contributed by atoms with Crippen molar-refractivity contribution in [3.05, 3.63) is 108 Å². The van der Waals surface area contributed by atoms with Crippen molar-refractivity contribution in [2.24, 2.45) is 17.4 Å². The van der Waals surface area contributed by atoms with Crippen LogP contribution in [0.5, 0.6) is 0 Å². The predicted molar refractivity (Wildman–Crippen MR) is 200 cm³/mol. The third-order valence-corrected chi connectivity index (χ3v) is 8.52. The first-order chi connectivity index (χ1) is 24.3. The Kier molecular flexibility index (Phi) is 15.9. The van der Waals surface area contributed by atoms with Crippen molar-refractivity contribution in [3.8, 4) is 11.1 Å². The highest BCUT2D eigenvalue weighted by Gasteiger charge is 2.34. The fourth-order valence-electron chi connectivity index (χ4n) is 5.53. The van der Waals surface area contributed by atoms with Crippen LogP contribution in [0, 0.1) is 5.92 Å². The molecule has 0 saturated carbocycles.